The van der Waals surface area contributed by atoms with E-state index < -0.39 is 27.6 Å². The van der Waals surface area contributed by atoms with Crippen molar-refractivity contribution in [2.24, 2.45) is 0 Å². The van der Waals surface area contributed by atoms with E-state index in [1.165, 1.54) is 49.0 Å². The Morgan fingerprint density at radius 3 is 1.99 bits per heavy atom. The number of fused-ring (bicyclic) bond motifs is 2. The fourth-order valence-electron chi connectivity index (χ4n) is 14.6. The maximum absolute atomic E-state index is 13.9. The molecule has 2 saturated heterocycles. The molecule has 7 aromatic rings. The maximum Gasteiger partial charge on any atom is 0.255 e. The van der Waals surface area contributed by atoms with Crippen LogP contribution in [0.4, 0.5) is 23.1 Å². The van der Waals surface area contributed by atoms with E-state index in [1.807, 2.05) is 55.5 Å². The predicted molar refractivity (Wildman–Crippen MR) is 417 cm³/mol. The van der Waals surface area contributed by atoms with Gasteiger partial charge in [-0.1, -0.05) is 92.7 Å². The molecule has 4 N–H and O–H groups in total. The van der Waals surface area contributed by atoms with E-state index in [-0.39, 0.29) is 79.8 Å². The number of nitrogens with zero attached hydrogens (tertiary/aromatic N) is 6. The molecule has 4 fully saturated rings. The summed E-state index contributed by atoms with van der Waals surface area (Å²) in [4.78, 5) is 95.4. The predicted octanol–water partition coefficient (Wildman–Crippen LogP) is 13.3. The number of sulfonamides is 1. The van der Waals surface area contributed by atoms with Crippen molar-refractivity contribution in [3.05, 3.63) is 201 Å². The average molecular weight is 1490 g/mol. The van der Waals surface area contributed by atoms with E-state index in [2.05, 4.69) is 95.6 Å². The third-order valence-corrected chi connectivity index (χ3v) is 22.0. The van der Waals surface area contributed by atoms with Crippen molar-refractivity contribution in [2.75, 3.05) is 69.8 Å². The smallest absolute Gasteiger partial charge is 0.255 e. The lowest BCUT2D eigenvalue weighted by atomic mass is 10.0. The number of rotatable bonds is 27. The quantitative estimate of drug-likeness (QED) is 0.0161. The van der Waals surface area contributed by atoms with Gasteiger partial charge in [0.15, 0.2) is 11.6 Å². The van der Waals surface area contributed by atoms with Crippen LogP contribution in [0.5, 0.6) is 17.2 Å². The van der Waals surface area contributed by atoms with Crippen LogP contribution in [0.2, 0.25) is 0 Å². The summed E-state index contributed by atoms with van der Waals surface area (Å²) in [6.07, 6.45) is 11.7. The van der Waals surface area contributed by atoms with Gasteiger partial charge in [0.05, 0.1) is 62.9 Å². The second-order valence-corrected chi connectivity index (χ2v) is 31.5. The molecule has 0 unspecified atom stereocenters. The summed E-state index contributed by atoms with van der Waals surface area (Å²) in [5, 5.41) is 9.45. The second kappa shape index (κ2) is 37.0. The molecule has 0 radical (unpaired) electrons. The Labute approximate surface area is 635 Å². The number of hydrogen-bond donors (Lipinski definition) is 4. The summed E-state index contributed by atoms with van der Waals surface area (Å²) in [5.74, 6) is 2.29. The number of allylic oxidation sites excluding steroid dienone is 1. The number of amides is 3. The number of carbonyl (C=O) groups is 6. The van der Waals surface area contributed by atoms with E-state index in [0.29, 0.717) is 111 Å². The summed E-state index contributed by atoms with van der Waals surface area (Å²) in [6, 6.07) is 39.3. The van der Waals surface area contributed by atoms with Crippen LogP contribution in [0.3, 0.4) is 0 Å². The summed E-state index contributed by atoms with van der Waals surface area (Å²) < 4.78 is 52.8. The van der Waals surface area contributed by atoms with Gasteiger partial charge >= 0.3 is 0 Å². The first-order valence-corrected chi connectivity index (χ1v) is 39.2. The fourth-order valence-corrected chi connectivity index (χ4v) is 16.0. The van der Waals surface area contributed by atoms with Gasteiger partial charge in [-0.15, -0.1) is 0 Å². The van der Waals surface area contributed by atoms with Crippen LogP contribution in [-0.4, -0.2) is 150 Å². The van der Waals surface area contributed by atoms with E-state index >= 15 is 0 Å². The first kappa shape index (κ1) is 79.4. The van der Waals surface area contributed by atoms with Gasteiger partial charge in [-0.3, -0.25) is 38.6 Å². The number of ketones is 3. The van der Waals surface area contributed by atoms with Crippen LogP contribution in [0, 0.1) is 6.92 Å². The minimum atomic E-state index is -3.73. The van der Waals surface area contributed by atoms with Gasteiger partial charge in [0.1, 0.15) is 35.5 Å². The summed E-state index contributed by atoms with van der Waals surface area (Å²) in [7, 11) is -3.73. The Balaban J connectivity index is 0.000000268. The molecule has 6 aliphatic rings. The number of morpholine rings is 1. The number of aryl methyl sites for hydroxylation is 2. The highest BCUT2D eigenvalue weighted by Crippen LogP contribution is 2.39. The monoisotopic (exact) mass is 1490 g/mol. The summed E-state index contributed by atoms with van der Waals surface area (Å²) >= 11 is 0. The van der Waals surface area contributed by atoms with Crippen LogP contribution < -0.4 is 34.9 Å². The van der Waals surface area contributed by atoms with E-state index in [1.54, 1.807) is 67.1 Å². The normalized spacial score (nSPS) is 17.9. The van der Waals surface area contributed by atoms with Gasteiger partial charge in [0.25, 0.3) is 11.8 Å². The third-order valence-electron chi connectivity index (χ3n) is 20.3. The molecule has 2 aliphatic carbocycles. The second-order valence-electron chi connectivity index (χ2n) is 29.8. The van der Waals surface area contributed by atoms with E-state index in [4.69, 9.17) is 18.9 Å². The van der Waals surface area contributed by atoms with Crippen LogP contribution in [0.25, 0.3) is 0 Å². The highest BCUT2D eigenvalue weighted by atomic mass is 32.2. The molecule has 572 valence electrons. The fraction of sp³-hybridized carbons (Fsp3) is 0.435. The van der Waals surface area contributed by atoms with Crippen molar-refractivity contribution in [1.29, 1.82) is 0 Å². The standard InChI is InChI=1S/C55H66N8O8S.C29H34N2O4.CH4/c1-37-9-6-12-48(49(64)31-37)63-35-47-46(53(63)66)23-17-41(51(47)71-36-40-15-13-39(14-16-40)34-62-26-29-69-30-27-62)18-24-50(65)56-25-8-28-70-44-21-19-42(20-22-44)59-54-57-33-38(2)52(60-54)58-43-10-7-11-45(32-43)72(67,68)61-55(3,4)5;32-23-6-4-8-26(27(33)18-23)31-20-25-24(29(31)34)7-5-9-28(25)35-17-14-21-10-12-22(13-11-21)19-30-15-2-1-3-16-30;/h7,10-11,13-17,19-23,32-33,48,61H,1,6,8-9,12,18,24-31,34-36H2,2-5H3,(H,56,65)(H2,57,58,59,60);5,7,9-13,26H,1-4,6,8,14-20H2;1H4/t48-;26-;/m00./s1. The molecule has 13 rings (SSSR count). The van der Waals surface area contributed by atoms with Crippen LogP contribution in [0.15, 0.2) is 151 Å². The number of aromatic nitrogens is 2. The molecule has 0 bridgehead atoms. The van der Waals surface area contributed by atoms with E-state index in [0.717, 1.165) is 97.7 Å². The Bertz CT molecular complexity index is 4460. The molecule has 6 aromatic carbocycles. The van der Waals surface area contributed by atoms with Gasteiger partial charge in [0, 0.05) is 109 Å². The molecule has 5 heterocycles. The minimum Gasteiger partial charge on any atom is -0.494 e. The third kappa shape index (κ3) is 21.4. The van der Waals surface area contributed by atoms with Gasteiger partial charge in [-0.05, 0) is 187 Å². The zero-order valence-corrected chi connectivity index (χ0v) is 62.9. The number of anilines is 4. The molecular weight excluding hydrogens is 1390 g/mol. The van der Waals surface area contributed by atoms with Gasteiger partial charge < -0.3 is 44.7 Å². The van der Waals surface area contributed by atoms with Crippen LogP contribution >= 0.6 is 0 Å². The minimum absolute atomic E-state index is 0. The SMILES string of the molecule is C.C=C1CCC[C@H](N2Cc3c(ccc(CCC(=O)NCCCOc4ccc(Nc5ncc(C)c(Nc6cccc(S(=O)(=O)NC(C)(C)C)c6)n5)cc4)c3OCc3ccc(CN4CCOCC4)cc3)C2=O)C(=O)C1.O=C1CCC[C@H](N2Cc3c(OCCc4ccc(CN5CCCCC5)cc4)cccc3C2=O)C(=O)C1. The first-order chi connectivity index (χ1) is 51.6. The van der Waals surface area contributed by atoms with Crippen molar-refractivity contribution in [3.8, 4) is 17.2 Å². The van der Waals surface area contributed by atoms with E-state index in [9.17, 15) is 37.2 Å². The first-order valence-electron chi connectivity index (χ1n) is 37.7. The van der Waals surface area contributed by atoms with Crippen LogP contribution in [0.1, 0.15) is 177 Å². The van der Waals surface area contributed by atoms with Crippen LogP contribution in [-0.2, 0) is 79.6 Å². The largest absolute Gasteiger partial charge is 0.494 e. The van der Waals surface area contributed by atoms with Crippen molar-refractivity contribution in [2.45, 2.75) is 187 Å². The lowest BCUT2D eigenvalue weighted by Gasteiger charge is -2.26. The van der Waals surface area contributed by atoms with Crippen molar-refractivity contribution in [1.82, 2.24) is 39.6 Å². The number of nitrogens with one attached hydrogen (secondary N) is 4. The molecule has 22 nitrogen and oxygen atoms in total. The number of hydrogen-bond acceptors (Lipinski definition) is 18. The lowest BCUT2D eigenvalue weighted by molar-refractivity contribution is -0.128. The number of piperidine rings is 1. The number of benzene rings is 6. The van der Waals surface area contributed by atoms with Crippen molar-refractivity contribution in [3.63, 3.8) is 0 Å². The average Bonchev–Trinajstić information content (AvgIpc) is 1.62. The number of carbonyl (C=O) groups excluding carboxylic acids is 6. The number of Topliss-reactive ketones (excluding diaryl/α,β-unsaturated/α-hetero) is 3. The summed E-state index contributed by atoms with van der Waals surface area (Å²) in [5.41, 5.74) is 10.7. The Morgan fingerprint density at radius 2 is 1.29 bits per heavy atom. The van der Waals surface area contributed by atoms with Gasteiger partial charge in [0.2, 0.25) is 21.9 Å². The summed E-state index contributed by atoms with van der Waals surface area (Å²) in [6.45, 7) is 21.1. The maximum atomic E-state index is 13.9. The van der Waals surface area contributed by atoms with Crippen molar-refractivity contribution >= 4 is 68.2 Å². The van der Waals surface area contributed by atoms with Gasteiger partial charge in [-0.25, -0.2) is 18.1 Å². The Kier molecular flexibility index (Phi) is 27.2. The van der Waals surface area contributed by atoms with Gasteiger partial charge in [-0.2, -0.15) is 4.98 Å². The lowest BCUT2D eigenvalue weighted by Crippen LogP contribution is -2.41. The highest BCUT2D eigenvalue weighted by Gasteiger charge is 2.41. The highest BCUT2D eigenvalue weighted by molar-refractivity contribution is 7.89. The number of ether oxygens (including phenoxy) is 4. The molecule has 0 spiro atoms. The molecule has 23 heteroatoms. The molecule has 1 aromatic heterocycles. The Hall–Kier alpha value is -9.65. The molecule has 108 heavy (non-hydrogen) atoms. The molecule has 2 atom stereocenters. The zero-order valence-electron chi connectivity index (χ0n) is 62.1. The molecule has 3 amide bonds. The Morgan fingerprint density at radius 1 is 0.648 bits per heavy atom. The number of likely N-dealkylation sites (tertiary alicyclic amines) is 1. The molecule has 4 aliphatic heterocycles. The zero-order chi connectivity index (χ0) is 75.0. The molecule has 2 saturated carbocycles. The topological polar surface area (TPSA) is 260 Å². The van der Waals surface area contributed by atoms with Crippen molar-refractivity contribution < 1.29 is 56.1 Å². The molecular formula is C85H104N10O12S.